The molecule has 0 radical (unpaired) electrons. The van der Waals surface area contributed by atoms with Gasteiger partial charge in [0.25, 0.3) is 0 Å². The smallest absolute Gasteiger partial charge is 0.237 e. The Hall–Kier alpha value is -0.620. The highest BCUT2D eigenvalue weighted by atomic mass is 32.2. The second-order valence-electron chi connectivity index (χ2n) is 4.74. The van der Waals surface area contributed by atoms with Crippen LogP contribution in [0.15, 0.2) is 0 Å². The van der Waals surface area contributed by atoms with Gasteiger partial charge in [0.15, 0.2) is 0 Å². The van der Waals surface area contributed by atoms with Gasteiger partial charge in [-0.25, -0.2) is 8.42 Å². The molecule has 1 fully saturated rings. The lowest BCUT2D eigenvalue weighted by Gasteiger charge is -2.25. The van der Waals surface area contributed by atoms with Gasteiger partial charge in [-0.05, 0) is 12.3 Å². The molecule has 1 heterocycles. The maximum Gasteiger partial charge on any atom is 0.237 e. The van der Waals surface area contributed by atoms with Crippen molar-refractivity contribution in [2.75, 3.05) is 25.1 Å². The van der Waals surface area contributed by atoms with Gasteiger partial charge in [0.05, 0.1) is 18.5 Å². The molecular formula is C10H20N2O3S. The summed E-state index contributed by atoms with van der Waals surface area (Å²) in [5, 5.41) is 3.11. The molecule has 0 aromatic rings. The van der Waals surface area contributed by atoms with Crippen LogP contribution in [0, 0.1) is 5.92 Å². The van der Waals surface area contributed by atoms with E-state index in [0.29, 0.717) is 19.0 Å². The van der Waals surface area contributed by atoms with Crippen molar-refractivity contribution in [2.45, 2.75) is 26.4 Å². The first kappa shape index (κ1) is 13.4. The third kappa shape index (κ3) is 4.09. The highest BCUT2D eigenvalue weighted by Gasteiger charge is 2.30. The largest absolute Gasteiger partial charge is 0.325 e. The van der Waals surface area contributed by atoms with E-state index in [-0.39, 0.29) is 17.8 Å². The normalized spacial score (nSPS) is 22.1. The molecule has 1 rings (SSSR count). The van der Waals surface area contributed by atoms with Crippen LogP contribution < -0.4 is 5.32 Å². The molecule has 1 N–H and O–H groups in total. The molecule has 1 atom stereocenters. The molecule has 0 spiro atoms. The van der Waals surface area contributed by atoms with E-state index in [4.69, 9.17) is 0 Å². The summed E-state index contributed by atoms with van der Waals surface area (Å²) in [5.74, 6) is 0.507. The van der Waals surface area contributed by atoms with Gasteiger partial charge in [-0.2, -0.15) is 0 Å². The van der Waals surface area contributed by atoms with Crippen LogP contribution in [0.3, 0.4) is 0 Å². The van der Waals surface area contributed by atoms with Crippen LogP contribution in [-0.4, -0.2) is 50.5 Å². The van der Waals surface area contributed by atoms with Crippen molar-refractivity contribution in [3.8, 4) is 0 Å². The highest BCUT2D eigenvalue weighted by molar-refractivity contribution is 7.90. The van der Waals surface area contributed by atoms with Gasteiger partial charge in [-0.3, -0.25) is 10.1 Å². The van der Waals surface area contributed by atoms with Crippen LogP contribution in [0.4, 0.5) is 0 Å². The molecule has 0 saturated carbocycles. The lowest BCUT2D eigenvalue weighted by atomic mass is 10.1. The molecule has 94 valence electrons. The van der Waals surface area contributed by atoms with E-state index in [9.17, 15) is 13.2 Å². The van der Waals surface area contributed by atoms with E-state index >= 15 is 0 Å². The number of rotatable bonds is 5. The molecule has 0 aromatic carbocycles. The van der Waals surface area contributed by atoms with Crippen LogP contribution >= 0.6 is 0 Å². The summed E-state index contributed by atoms with van der Waals surface area (Å²) in [7, 11) is -3.01. The van der Waals surface area contributed by atoms with Crippen molar-refractivity contribution in [2.24, 2.45) is 5.92 Å². The van der Waals surface area contributed by atoms with Crippen LogP contribution in [0.5, 0.6) is 0 Å². The Bertz CT molecular complexity index is 351. The summed E-state index contributed by atoms with van der Waals surface area (Å²) in [6.45, 7) is 4.78. The predicted octanol–water partition coefficient (Wildman–Crippen LogP) is -0.165. The van der Waals surface area contributed by atoms with Crippen molar-refractivity contribution in [3.63, 3.8) is 0 Å². The number of carbonyl (C=O) groups excluding carboxylic acids is 1. The van der Waals surface area contributed by atoms with Gasteiger partial charge in [-0.1, -0.05) is 13.8 Å². The maximum atomic E-state index is 11.6. The van der Waals surface area contributed by atoms with Crippen molar-refractivity contribution >= 4 is 15.7 Å². The van der Waals surface area contributed by atoms with E-state index < -0.39 is 9.84 Å². The molecule has 1 saturated heterocycles. The fraction of sp³-hybridized carbons (Fsp3) is 0.900. The molecule has 1 unspecified atom stereocenters. The average molecular weight is 248 g/mol. The fourth-order valence-electron chi connectivity index (χ4n) is 1.79. The van der Waals surface area contributed by atoms with Gasteiger partial charge in [0.2, 0.25) is 5.91 Å². The van der Waals surface area contributed by atoms with E-state index in [1.54, 1.807) is 4.90 Å². The van der Waals surface area contributed by atoms with Gasteiger partial charge in [0.1, 0.15) is 9.84 Å². The summed E-state index contributed by atoms with van der Waals surface area (Å²) in [6.07, 6.45) is 2.04. The summed E-state index contributed by atoms with van der Waals surface area (Å²) in [4.78, 5) is 13.2. The van der Waals surface area contributed by atoms with Crippen LogP contribution in [0.2, 0.25) is 0 Å². The third-order valence-corrected chi connectivity index (χ3v) is 3.51. The molecule has 6 heteroatoms. The molecule has 0 aliphatic carbocycles. The van der Waals surface area contributed by atoms with Gasteiger partial charge >= 0.3 is 0 Å². The zero-order valence-electron chi connectivity index (χ0n) is 10.1. The van der Waals surface area contributed by atoms with E-state index in [0.717, 1.165) is 6.42 Å². The number of sulfone groups is 1. The van der Waals surface area contributed by atoms with Crippen molar-refractivity contribution in [1.82, 2.24) is 10.2 Å². The van der Waals surface area contributed by atoms with Crippen molar-refractivity contribution in [1.29, 1.82) is 0 Å². The van der Waals surface area contributed by atoms with Crippen LogP contribution in [-0.2, 0) is 14.6 Å². The molecule has 1 amide bonds. The first-order valence-electron chi connectivity index (χ1n) is 5.50. The monoisotopic (exact) mass is 248 g/mol. The number of nitrogens with one attached hydrogen (secondary N) is 1. The Morgan fingerprint density at radius 1 is 1.50 bits per heavy atom. The Kier molecular flexibility index (Phi) is 4.32. The number of carbonyl (C=O) groups is 1. The molecule has 1 aliphatic rings. The van der Waals surface area contributed by atoms with Gasteiger partial charge in [-0.15, -0.1) is 0 Å². The Labute approximate surface area is 97.1 Å². The van der Waals surface area contributed by atoms with E-state index in [2.05, 4.69) is 19.2 Å². The topological polar surface area (TPSA) is 66.5 Å². The Morgan fingerprint density at radius 2 is 2.12 bits per heavy atom. The minimum absolute atomic E-state index is 0.00528. The lowest BCUT2D eigenvalue weighted by Crippen LogP contribution is -2.40. The third-order valence-electron chi connectivity index (χ3n) is 2.58. The van der Waals surface area contributed by atoms with Gasteiger partial charge in [0, 0.05) is 12.8 Å². The predicted molar refractivity (Wildman–Crippen MR) is 62.7 cm³/mol. The first-order valence-corrected chi connectivity index (χ1v) is 7.56. The Morgan fingerprint density at radius 3 is 2.62 bits per heavy atom. The van der Waals surface area contributed by atoms with Crippen LogP contribution in [0.1, 0.15) is 20.3 Å². The minimum atomic E-state index is -3.01. The summed E-state index contributed by atoms with van der Waals surface area (Å²) in [6, 6.07) is 0. The molecular weight excluding hydrogens is 228 g/mol. The zero-order valence-corrected chi connectivity index (χ0v) is 10.9. The average Bonchev–Trinajstić information content (AvgIpc) is 2.42. The second-order valence-corrected chi connectivity index (χ2v) is 7.00. The van der Waals surface area contributed by atoms with E-state index in [1.807, 2.05) is 0 Å². The molecule has 16 heavy (non-hydrogen) atoms. The minimum Gasteiger partial charge on any atom is -0.325 e. The molecule has 0 aromatic heterocycles. The standard InChI is InChI=1S/C10H20N2O3S/c1-8(2)6-9-11-7-10(13)12(9)4-5-16(3,14)15/h8-9,11H,4-7H2,1-3H3. The molecule has 5 nitrogen and oxygen atoms in total. The summed E-state index contributed by atoms with van der Waals surface area (Å²) >= 11 is 0. The second kappa shape index (κ2) is 5.14. The highest BCUT2D eigenvalue weighted by Crippen LogP contribution is 2.13. The lowest BCUT2D eigenvalue weighted by molar-refractivity contribution is -0.127. The van der Waals surface area contributed by atoms with Crippen LogP contribution in [0.25, 0.3) is 0 Å². The SMILES string of the molecule is CC(C)CC1NCC(=O)N1CCS(C)(=O)=O. The number of nitrogens with zero attached hydrogens (tertiary/aromatic N) is 1. The van der Waals surface area contributed by atoms with E-state index in [1.165, 1.54) is 6.26 Å². The first-order chi connectivity index (χ1) is 7.29. The number of amides is 1. The maximum absolute atomic E-state index is 11.6. The van der Waals surface area contributed by atoms with Crippen molar-refractivity contribution in [3.05, 3.63) is 0 Å². The Balaban J connectivity index is 2.56. The summed E-state index contributed by atoms with van der Waals surface area (Å²) in [5.41, 5.74) is 0. The number of hydrogen-bond donors (Lipinski definition) is 1. The zero-order chi connectivity index (χ0) is 12.3. The van der Waals surface area contributed by atoms with Crippen molar-refractivity contribution < 1.29 is 13.2 Å². The van der Waals surface area contributed by atoms with Gasteiger partial charge < -0.3 is 4.90 Å². The molecule has 1 aliphatic heterocycles. The number of hydrogen-bond acceptors (Lipinski definition) is 4. The fourth-order valence-corrected chi connectivity index (χ4v) is 2.32. The summed E-state index contributed by atoms with van der Waals surface area (Å²) < 4.78 is 22.1. The molecule has 0 bridgehead atoms. The quantitative estimate of drug-likeness (QED) is 0.734.